The Bertz CT molecular complexity index is 718. The first-order valence-electron chi connectivity index (χ1n) is 8.40. The quantitative estimate of drug-likeness (QED) is 0.741. The summed E-state index contributed by atoms with van der Waals surface area (Å²) in [5.41, 5.74) is 2.24. The molecule has 0 aliphatic heterocycles. The van der Waals surface area contributed by atoms with Gasteiger partial charge in [0.25, 0.3) is 5.91 Å². The van der Waals surface area contributed by atoms with E-state index in [4.69, 9.17) is 9.47 Å². The average molecular weight is 345 g/mol. The monoisotopic (exact) mass is 345 g/mol. The summed E-state index contributed by atoms with van der Waals surface area (Å²) in [6.07, 6.45) is -0.296. The minimum absolute atomic E-state index is 0.0798. The van der Waals surface area contributed by atoms with Crippen molar-refractivity contribution in [3.05, 3.63) is 59.4 Å². The number of aryl methyl sites for hydroxylation is 1. The highest BCUT2D eigenvalue weighted by atomic mass is 19.1. The first kappa shape index (κ1) is 18.8. The third-order valence-corrected chi connectivity index (χ3v) is 3.98. The molecule has 1 atom stereocenters. The van der Waals surface area contributed by atoms with Crippen molar-refractivity contribution in [2.24, 2.45) is 0 Å². The zero-order chi connectivity index (χ0) is 18.2. The first-order valence-corrected chi connectivity index (χ1v) is 8.40. The van der Waals surface area contributed by atoms with Crippen molar-refractivity contribution >= 4 is 5.91 Å². The largest absolute Gasteiger partial charge is 0.491 e. The van der Waals surface area contributed by atoms with Crippen LogP contribution in [0.1, 0.15) is 24.5 Å². The van der Waals surface area contributed by atoms with Crippen LogP contribution in [0.25, 0.3) is 0 Å². The molecule has 0 saturated heterocycles. The second-order valence-corrected chi connectivity index (χ2v) is 5.78. The molecule has 1 N–H and O–H groups in total. The molecule has 0 saturated carbocycles. The van der Waals surface area contributed by atoms with Crippen molar-refractivity contribution in [1.82, 2.24) is 5.32 Å². The van der Waals surface area contributed by atoms with Crippen molar-refractivity contribution in [3.63, 3.8) is 0 Å². The van der Waals surface area contributed by atoms with Crippen LogP contribution in [0.5, 0.6) is 11.5 Å². The van der Waals surface area contributed by atoms with Gasteiger partial charge in [-0.25, -0.2) is 4.39 Å². The smallest absolute Gasteiger partial charge is 0.261 e. The highest BCUT2D eigenvalue weighted by Crippen LogP contribution is 2.20. The van der Waals surface area contributed by atoms with Gasteiger partial charge in [0.2, 0.25) is 0 Å². The van der Waals surface area contributed by atoms with Gasteiger partial charge in [0.15, 0.2) is 17.7 Å². The van der Waals surface area contributed by atoms with Crippen LogP contribution in [0.2, 0.25) is 0 Å². The van der Waals surface area contributed by atoms with E-state index in [0.717, 1.165) is 16.9 Å². The van der Waals surface area contributed by atoms with Gasteiger partial charge in [0.05, 0.1) is 6.54 Å². The lowest BCUT2D eigenvalue weighted by molar-refractivity contribution is -0.128. The molecular formula is C20H24FNO3. The van der Waals surface area contributed by atoms with Gasteiger partial charge in [-0.15, -0.1) is 0 Å². The number of halogens is 1. The fourth-order valence-corrected chi connectivity index (χ4v) is 2.35. The molecule has 134 valence electrons. The van der Waals surface area contributed by atoms with Crippen molar-refractivity contribution in [2.75, 3.05) is 13.2 Å². The van der Waals surface area contributed by atoms with Gasteiger partial charge in [-0.2, -0.15) is 0 Å². The Labute approximate surface area is 148 Å². The fourth-order valence-electron chi connectivity index (χ4n) is 2.35. The molecule has 1 unspecified atom stereocenters. The maximum absolute atomic E-state index is 13.6. The van der Waals surface area contributed by atoms with Crippen molar-refractivity contribution in [2.45, 2.75) is 33.3 Å². The molecule has 1 amide bonds. The molecule has 2 aromatic carbocycles. The number of amides is 1. The predicted octanol–water partition coefficient (Wildman–Crippen LogP) is 3.80. The van der Waals surface area contributed by atoms with Gasteiger partial charge in [-0.05, 0) is 49.6 Å². The number of benzene rings is 2. The first-order chi connectivity index (χ1) is 12.0. The Balaban J connectivity index is 1.82. The van der Waals surface area contributed by atoms with Crippen LogP contribution in [-0.4, -0.2) is 25.2 Å². The summed E-state index contributed by atoms with van der Waals surface area (Å²) in [5, 5.41) is 2.77. The summed E-state index contributed by atoms with van der Waals surface area (Å²) < 4.78 is 24.8. The van der Waals surface area contributed by atoms with Crippen LogP contribution >= 0.6 is 0 Å². The number of rotatable bonds is 8. The fraction of sp³-hybridized carbons (Fsp3) is 0.350. The van der Waals surface area contributed by atoms with Crippen LogP contribution < -0.4 is 14.8 Å². The second kappa shape index (κ2) is 9.06. The van der Waals surface area contributed by atoms with Crippen molar-refractivity contribution < 1.29 is 18.7 Å². The van der Waals surface area contributed by atoms with E-state index in [-0.39, 0.29) is 11.7 Å². The topological polar surface area (TPSA) is 47.6 Å². The van der Waals surface area contributed by atoms with Gasteiger partial charge < -0.3 is 14.8 Å². The van der Waals surface area contributed by atoms with E-state index in [1.165, 1.54) is 12.1 Å². The number of carbonyl (C=O) groups excluding carboxylic acids is 1. The summed E-state index contributed by atoms with van der Waals surface area (Å²) in [4.78, 5) is 12.2. The molecule has 0 spiro atoms. The summed E-state index contributed by atoms with van der Waals surface area (Å²) in [7, 11) is 0. The lowest BCUT2D eigenvalue weighted by atomic mass is 10.1. The van der Waals surface area contributed by atoms with E-state index in [1.807, 2.05) is 39.0 Å². The van der Waals surface area contributed by atoms with Crippen molar-refractivity contribution in [1.29, 1.82) is 0 Å². The average Bonchev–Trinajstić information content (AvgIpc) is 2.61. The van der Waals surface area contributed by atoms with E-state index in [2.05, 4.69) is 5.32 Å². The Morgan fingerprint density at radius 2 is 1.84 bits per heavy atom. The normalized spacial score (nSPS) is 11.7. The molecule has 0 fully saturated rings. The summed E-state index contributed by atoms with van der Waals surface area (Å²) in [6, 6.07) is 11.9. The Morgan fingerprint density at radius 1 is 1.12 bits per heavy atom. The number of carbonyl (C=O) groups is 1. The number of para-hydroxylation sites is 1. The van der Waals surface area contributed by atoms with Gasteiger partial charge in [0, 0.05) is 0 Å². The van der Waals surface area contributed by atoms with Gasteiger partial charge in [-0.3, -0.25) is 4.79 Å². The summed E-state index contributed by atoms with van der Waals surface area (Å²) in [5.74, 6) is 0.127. The minimum atomic E-state index is -0.738. The lowest BCUT2D eigenvalue weighted by Crippen LogP contribution is -2.40. The molecule has 0 heterocycles. The van der Waals surface area contributed by atoms with Gasteiger partial charge in [0.1, 0.15) is 12.4 Å². The SMILES string of the molecule is CCC(Oc1ccccc1F)C(=O)NCCOc1cccc(C)c1C. The van der Waals surface area contributed by atoms with Crippen LogP contribution in [0.15, 0.2) is 42.5 Å². The molecular weight excluding hydrogens is 321 g/mol. The number of ether oxygens (including phenoxy) is 2. The highest BCUT2D eigenvalue weighted by Gasteiger charge is 2.19. The van der Waals surface area contributed by atoms with E-state index in [0.29, 0.717) is 19.6 Å². The van der Waals surface area contributed by atoms with Crippen LogP contribution in [-0.2, 0) is 4.79 Å². The lowest BCUT2D eigenvalue weighted by Gasteiger charge is -2.18. The molecule has 2 aromatic rings. The van der Waals surface area contributed by atoms with E-state index >= 15 is 0 Å². The predicted molar refractivity (Wildman–Crippen MR) is 95.5 cm³/mol. The molecule has 5 heteroatoms. The molecule has 4 nitrogen and oxygen atoms in total. The molecule has 0 aliphatic carbocycles. The third-order valence-electron chi connectivity index (χ3n) is 3.98. The highest BCUT2D eigenvalue weighted by molar-refractivity contribution is 5.81. The number of nitrogens with one attached hydrogen (secondary N) is 1. The van der Waals surface area contributed by atoms with Crippen molar-refractivity contribution in [3.8, 4) is 11.5 Å². The Hall–Kier alpha value is -2.56. The van der Waals surface area contributed by atoms with Crippen LogP contribution in [0.3, 0.4) is 0 Å². The van der Waals surface area contributed by atoms with E-state index < -0.39 is 11.9 Å². The maximum atomic E-state index is 13.6. The van der Waals surface area contributed by atoms with Gasteiger partial charge >= 0.3 is 0 Å². The zero-order valence-electron chi connectivity index (χ0n) is 14.8. The Morgan fingerprint density at radius 3 is 2.56 bits per heavy atom. The van der Waals surface area contributed by atoms with Gasteiger partial charge in [-0.1, -0.05) is 31.2 Å². The third kappa shape index (κ3) is 5.21. The Kier molecular flexibility index (Phi) is 6.81. The summed E-state index contributed by atoms with van der Waals surface area (Å²) in [6.45, 7) is 6.54. The maximum Gasteiger partial charge on any atom is 0.261 e. The van der Waals surface area contributed by atoms with E-state index in [9.17, 15) is 9.18 Å². The molecule has 0 aromatic heterocycles. The molecule has 25 heavy (non-hydrogen) atoms. The zero-order valence-corrected chi connectivity index (χ0v) is 14.8. The standard InChI is InChI=1S/C20H24FNO3/c1-4-17(25-19-10-6-5-9-16(19)21)20(23)22-12-13-24-18-11-7-8-14(2)15(18)3/h5-11,17H,4,12-13H2,1-3H3,(H,22,23). The number of hydrogen-bond acceptors (Lipinski definition) is 3. The molecule has 0 aliphatic rings. The van der Waals surface area contributed by atoms with Crippen LogP contribution in [0.4, 0.5) is 4.39 Å². The van der Waals surface area contributed by atoms with E-state index in [1.54, 1.807) is 12.1 Å². The number of hydrogen-bond donors (Lipinski definition) is 1. The minimum Gasteiger partial charge on any atom is -0.491 e. The molecule has 2 rings (SSSR count). The van der Waals surface area contributed by atoms with Crippen LogP contribution in [0, 0.1) is 19.7 Å². The molecule has 0 radical (unpaired) electrons. The second-order valence-electron chi connectivity index (χ2n) is 5.78. The summed E-state index contributed by atoms with van der Waals surface area (Å²) >= 11 is 0. The molecule has 0 bridgehead atoms.